The Hall–Kier alpha value is -0.240. The van der Waals surface area contributed by atoms with Crippen LogP contribution in [0.1, 0.15) is 40.0 Å². The van der Waals surface area contributed by atoms with Gasteiger partial charge >= 0.3 is 0 Å². The van der Waals surface area contributed by atoms with Gasteiger partial charge in [0.15, 0.2) is 0 Å². The average molecular weight is 360 g/mol. The fourth-order valence-electron chi connectivity index (χ4n) is 2.98. The van der Waals surface area contributed by atoms with Crippen LogP contribution in [0.5, 0.6) is 0 Å². The van der Waals surface area contributed by atoms with Gasteiger partial charge < -0.3 is 29.7 Å². The third-order valence-corrected chi connectivity index (χ3v) is 4.30. The van der Waals surface area contributed by atoms with E-state index in [4.69, 9.17) is 14.2 Å². The molecule has 0 bridgehead atoms. The second-order valence-electron chi connectivity index (χ2n) is 7.02. The number of piperidine rings is 1. The van der Waals surface area contributed by atoms with E-state index in [0.717, 1.165) is 39.3 Å². The second kappa shape index (κ2) is 16.0. The molecule has 1 fully saturated rings. The standard InChI is InChI=1S/C19H41N3O3/c1-4-7-20-8-12-23-14-16-25-17-15-24-13-11-22-9-5-19(6-10-22)21-18(2)3/h18-21H,4-17H2,1-3H3. The van der Waals surface area contributed by atoms with Crippen molar-refractivity contribution >= 4 is 0 Å². The molecule has 1 aliphatic heterocycles. The Bertz CT molecular complexity index is 285. The SMILES string of the molecule is CCCNCCOCCOCCOCCN1CCC(NC(C)C)CC1. The first-order valence-corrected chi connectivity index (χ1v) is 10.1. The molecule has 0 aromatic heterocycles. The minimum atomic E-state index is 0.586. The van der Waals surface area contributed by atoms with E-state index in [0.29, 0.717) is 38.5 Å². The van der Waals surface area contributed by atoms with Gasteiger partial charge in [0.1, 0.15) is 0 Å². The summed E-state index contributed by atoms with van der Waals surface area (Å²) in [6.07, 6.45) is 3.65. The van der Waals surface area contributed by atoms with E-state index in [-0.39, 0.29) is 0 Å². The molecule has 2 N–H and O–H groups in total. The summed E-state index contributed by atoms with van der Waals surface area (Å²) in [6, 6.07) is 1.28. The summed E-state index contributed by atoms with van der Waals surface area (Å²) in [6.45, 7) is 16.1. The molecule has 1 aliphatic rings. The summed E-state index contributed by atoms with van der Waals surface area (Å²) in [7, 11) is 0. The molecular formula is C19H41N3O3. The number of ether oxygens (including phenoxy) is 3. The lowest BCUT2D eigenvalue weighted by Crippen LogP contribution is -2.45. The molecule has 1 saturated heterocycles. The number of hydrogen-bond donors (Lipinski definition) is 2. The highest BCUT2D eigenvalue weighted by atomic mass is 16.5. The Morgan fingerprint density at radius 1 is 0.880 bits per heavy atom. The second-order valence-corrected chi connectivity index (χ2v) is 7.02. The highest BCUT2D eigenvalue weighted by molar-refractivity contribution is 4.78. The van der Waals surface area contributed by atoms with Gasteiger partial charge in [-0.15, -0.1) is 0 Å². The minimum Gasteiger partial charge on any atom is -0.378 e. The Balaban J connectivity index is 1.78. The van der Waals surface area contributed by atoms with Crippen molar-refractivity contribution in [1.82, 2.24) is 15.5 Å². The quantitative estimate of drug-likeness (QED) is 0.407. The predicted octanol–water partition coefficient (Wildman–Crippen LogP) is 1.50. The molecular weight excluding hydrogens is 318 g/mol. The number of nitrogens with one attached hydrogen (secondary N) is 2. The van der Waals surface area contributed by atoms with Crippen LogP contribution < -0.4 is 10.6 Å². The normalized spacial score (nSPS) is 16.8. The molecule has 25 heavy (non-hydrogen) atoms. The van der Waals surface area contributed by atoms with Crippen molar-refractivity contribution in [2.75, 3.05) is 72.4 Å². The summed E-state index contributed by atoms with van der Waals surface area (Å²) in [5, 5.41) is 6.94. The fraction of sp³-hybridized carbons (Fsp3) is 1.00. The van der Waals surface area contributed by atoms with Crippen LogP contribution in [0.15, 0.2) is 0 Å². The zero-order valence-electron chi connectivity index (χ0n) is 16.7. The van der Waals surface area contributed by atoms with E-state index in [2.05, 4.69) is 36.3 Å². The third kappa shape index (κ3) is 13.6. The van der Waals surface area contributed by atoms with Crippen LogP contribution in [0.4, 0.5) is 0 Å². The molecule has 1 heterocycles. The van der Waals surface area contributed by atoms with Gasteiger partial charge in [-0.2, -0.15) is 0 Å². The van der Waals surface area contributed by atoms with Crippen molar-refractivity contribution in [3.8, 4) is 0 Å². The van der Waals surface area contributed by atoms with E-state index in [9.17, 15) is 0 Å². The summed E-state index contributed by atoms with van der Waals surface area (Å²) < 4.78 is 16.7. The molecule has 0 radical (unpaired) electrons. The lowest BCUT2D eigenvalue weighted by Gasteiger charge is -2.33. The zero-order chi connectivity index (χ0) is 18.2. The molecule has 0 aromatic carbocycles. The number of nitrogens with zero attached hydrogens (tertiary/aromatic N) is 1. The summed E-state index contributed by atoms with van der Waals surface area (Å²) >= 11 is 0. The van der Waals surface area contributed by atoms with E-state index in [1.165, 1.54) is 25.9 Å². The van der Waals surface area contributed by atoms with E-state index in [1.54, 1.807) is 0 Å². The Morgan fingerprint density at radius 2 is 1.48 bits per heavy atom. The van der Waals surface area contributed by atoms with Crippen LogP contribution in [-0.2, 0) is 14.2 Å². The van der Waals surface area contributed by atoms with Crippen LogP contribution >= 0.6 is 0 Å². The molecule has 0 unspecified atom stereocenters. The van der Waals surface area contributed by atoms with Crippen LogP contribution in [-0.4, -0.2) is 89.3 Å². The highest BCUT2D eigenvalue weighted by Crippen LogP contribution is 2.10. The molecule has 6 heteroatoms. The lowest BCUT2D eigenvalue weighted by molar-refractivity contribution is 0.00982. The first-order valence-electron chi connectivity index (χ1n) is 10.1. The fourth-order valence-corrected chi connectivity index (χ4v) is 2.98. The first kappa shape index (κ1) is 22.8. The summed E-state index contributed by atoms with van der Waals surface area (Å²) in [5.41, 5.74) is 0. The van der Waals surface area contributed by atoms with Crippen molar-refractivity contribution < 1.29 is 14.2 Å². The van der Waals surface area contributed by atoms with Crippen molar-refractivity contribution in [2.45, 2.75) is 52.1 Å². The van der Waals surface area contributed by atoms with Crippen LogP contribution in [0.25, 0.3) is 0 Å². The van der Waals surface area contributed by atoms with Gasteiger partial charge in [-0.1, -0.05) is 20.8 Å². The highest BCUT2D eigenvalue weighted by Gasteiger charge is 2.18. The smallest absolute Gasteiger partial charge is 0.0701 e. The van der Waals surface area contributed by atoms with Gasteiger partial charge in [0.05, 0.1) is 39.6 Å². The van der Waals surface area contributed by atoms with Crippen LogP contribution in [0.3, 0.4) is 0 Å². The van der Waals surface area contributed by atoms with E-state index in [1.807, 2.05) is 0 Å². The predicted molar refractivity (Wildman–Crippen MR) is 103 cm³/mol. The topological polar surface area (TPSA) is 55.0 Å². The molecule has 0 amide bonds. The minimum absolute atomic E-state index is 0.586. The first-order chi connectivity index (χ1) is 12.2. The third-order valence-electron chi connectivity index (χ3n) is 4.30. The number of hydrogen-bond acceptors (Lipinski definition) is 6. The van der Waals surface area contributed by atoms with Crippen LogP contribution in [0.2, 0.25) is 0 Å². The van der Waals surface area contributed by atoms with E-state index < -0.39 is 0 Å². The summed E-state index contributed by atoms with van der Waals surface area (Å²) in [4.78, 5) is 2.50. The molecule has 0 saturated carbocycles. The van der Waals surface area contributed by atoms with Gasteiger partial charge in [-0.25, -0.2) is 0 Å². The van der Waals surface area contributed by atoms with Crippen LogP contribution in [0, 0.1) is 0 Å². The molecule has 0 aliphatic carbocycles. The average Bonchev–Trinajstić information content (AvgIpc) is 2.60. The Kier molecular flexibility index (Phi) is 14.6. The van der Waals surface area contributed by atoms with Crippen molar-refractivity contribution in [2.24, 2.45) is 0 Å². The molecule has 0 spiro atoms. The number of rotatable bonds is 16. The maximum atomic E-state index is 5.67. The van der Waals surface area contributed by atoms with Crippen molar-refractivity contribution in [3.63, 3.8) is 0 Å². The largest absolute Gasteiger partial charge is 0.378 e. The molecule has 6 nitrogen and oxygen atoms in total. The maximum Gasteiger partial charge on any atom is 0.0701 e. The summed E-state index contributed by atoms with van der Waals surface area (Å²) in [5.74, 6) is 0. The zero-order valence-corrected chi connectivity index (χ0v) is 16.7. The van der Waals surface area contributed by atoms with Gasteiger partial charge in [-0.05, 0) is 38.9 Å². The Morgan fingerprint density at radius 3 is 2.08 bits per heavy atom. The maximum absolute atomic E-state index is 5.67. The monoisotopic (exact) mass is 359 g/mol. The van der Waals surface area contributed by atoms with Gasteiger partial charge in [0, 0.05) is 25.2 Å². The van der Waals surface area contributed by atoms with Gasteiger partial charge in [0.25, 0.3) is 0 Å². The van der Waals surface area contributed by atoms with E-state index >= 15 is 0 Å². The molecule has 1 rings (SSSR count). The molecule has 0 atom stereocenters. The van der Waals surface area contributed by atoms with Gasteiger partial charge in [-0.3, -0.25) is 0 Å². The van der Waals surface area contributed by atoms with Gasteiger partial charge in [0.2, 0.25) is 0 Å². The Labute approximate surface area is 155 Å². The van der Waals surface area contributed by atoms with Crippen molar-refractivity contribution in [3.05, 3.63) is 0 Å². The number of likely N-dealkylation sites (tertiary alicyclic amines) is 1. The lowest BCUT2D eigenvalue weighted by atomic mass is 10.0. The molecule has 150 valence electrons. The molecule has 0 aromatic rings. The van der Waals surface area contributed by atoms with Crippen molar-refractivity contribution in [1.29, 1.82) is 0 Å².